The Balaban J connectivity index is 0.000000913. The second kappa shape index (κ2) is 10.5. The standard InChI is InChI=1S/C22H29N5O2.CH2O2/c1-15(2)24-21-17-7-9-22(8-5-11-27(14-22)18(28)13-29-3)19(17)25-20(26-21)16-6-4-10-23-12-16;2-1-3/h4,6,10,12,15H,5,7-9,11,13-14H2,1-3H3,(H,24,25,26);1H,(H,2,3). The zero-order valence-electron chi connectivity index (χ0n) is 18.9. The third-order valence-electron chi connectivity index (χ3n) is 5.91. The van der Waals surface area contributed by atoms with Crippen molar-refractivity contribution < 1.29 is 19.4 Å². The molecule has 172 valence electrons. The largest absolute Gasteiger partial charge is 0.483 e. The van der Waals surface area contributed by atoms with E-state index < -0.39 is 0 Å². The number of aromatic nitrogens is 3. The monoisotopic (exact) mass is 441 g/mol. The number of methoxy groups -OCH3 is 1. The third-order valence-corrected chi connectivity index (χ3v) is 5.91. The average molecular weight is 442 g/mol. The highest BCUT2D eigenvalue weighted by Crippen LogP contribution is 2.46. The number of ether oxygens (including phenoxy) is 1. The Morgan fingerprint density at radius 2 is 2.16 bits per heavy atom. The molecule has 1 spiro atoms. The summed E-state index contributed by atoms with van der Waals surface area (Å²) in [6.07, 6.45) is 7.51. The number of hydrogen-bond donors (Lipinski definition) is 2. The van der Waals surface area contributed by atoms with Gasteiger partial charge in [0.2, 0.25) is 5.91 Å². The summed E-state index contributed by atoms with van der Waals surface area (Å²) < 4.78 is 5.08. The van der Waals surface area contributed by atoms with E-state index in [4.69, 9.17) is 24.6 Å². The molecule has 2 aliphatic rings. The van der Waals surface area contributed by atoms with Gasteiger partial charge in [0.25, 0.3) is 6.47 Å². The van der Waals surface area contributed by atoms with Crippen molar-refractivity contribution in [3.63, 3.8) is 0 Å². The lowest BCUT2D eigenvalue weighted by Crippen LogP contribution is -2.49. The number of anilines is 1. The van der Waals surface area contributed by atoms with Crippen molar-refractivity contribution in [2.75, 3.05) is 32.1 Å². The van der Waals surface area contributed by atoms with E-state index in [0.29, 0.717) is 12.4 Å². The minimum absolute atomic E-state index is 0.0575. The van der Waals surface area contributed by atoms with Gasteiger partial charge < -0.3 is 20.1 Å². The van der Waals surface area contributed by atoms with Gasteiger partial charge >= 0.3 is 0 Å². The van der Waals surface area contributed by atoms with E-state index in [9.17, 15) is 4.79 Å². The maximum Gasteiger partial charge on any atom is 0.290 e. The Kier molecular flexibility index (Phi) is 7.74. The molecular weight excluding hydrogens is 410 g/mol. The summed E-state index contributed by atoms with van der Waals surface area (Å²) in [4.78, 5) is 36.9. The molecule has 0 radical (unpaired) electrons. The number of carbonyl (C=O) groups is 2. The van der Waals surface area contributed by atoms with Crippen molar-refractivity contribution in [1.29, 1.82) is 0 Å². The Morgan fingerprint density at radius 1 is 1.38 bits per heavy atom. The first-order chi connectivity index (χ1) is 15.4. The van der Waals surface area contributed by atoms with Crippen LogP contribution in [-0.2, 0) is 26.2 Å². The lowest BCUT2D eigenvalue weighted by Gasteiger charge is -2.40. The molecule has 32 heavy (non-hydrogen) atoms. The van der Waals surface area contributed by atoms with E-state index in [0.717, 1.165) is 49.3 Å². The number of rotatable bonds is 5. The van der Waals surface area contributed by atoms with Gasteiger partial charge in [-0.1, -0.05) is 0 Å². The summed E-state index contributed by atoms with van der Waals surface area (Å²) in [7, 11) is 1.57. The van der Waals surface area contributed by atoms with Crippen LogP contribution in [-0.4, -0.2) is 70.2 Å². The van der Waals surface area contributed by atoms with Crippen molar-refractivity contribution in [3.05, 3.63) is 35.8 Å². The number of nitrogens with zero attached hydrogens (tertiary/aromatic N) is 4. The number of piperidine rings is 1. The zero-order chi connectivity index (χ0) is 23.1. The number of carboxylic acid groups (broad SMARTS) is 1. The molecule has 3 heterocycles. The summed E-state index contributed by atoms with van der Waals surface area (Å²) in [5.41, 5.74) is 3.11. The van der Waals surface area contributed by atoms with Gasteiger partial charge in [-0.15, -0.1) is 0 Å². The van der Waals surface area contributed by atoms with Crippen LogP contribution in [0.1, 0.15) is 44.4 Å². The maximum atomic E-state index is 12.5. The molecule has 0 saturated carbocycles. The van der Waals surface area contributed by atoms with Crippen LogP contribution >= 0.6 is 0 Å². The maximum absolute atomic E-state index is 12.5. The predicted octanol–water partition coefficient (Wildman–Crippen LogP) is 2.51. The number of fused-ring (bicyclic) bond motifs is 2. The van der Waals surface area contributed by atoms with Gasteiger partial charge in [-0.2, -0.15) is 0 Å². The van der Waals surface area contributed by atoms with Crippen LogP contribution < -0.4 is 5.32 Å². The second-order valence-corrected chi connectivity index (χ2v) is 8.50. The molecule has 1 amide bonds. The number of nitrogens with one attached hydrogen (secondary N) is 1. The Morgan fingerprint density at radius 3 is 2.81 bits per heavy atom. The minimum atomic E-state index is -0.250. The molecule has 1 unspecified atom stereocenters. The van der Waals surface area contributed by atoms with E-state index >= 15 is 0 Å². The highest BCUT2D eigenvalue weighted by atomic mass is 16.5. The van der Waals surface area contributed by atoms with Gasteiger partial charge in [-0.3, -0.25) is 14.6 Å². The fourth-order valence-electron chi connectivity index (χ4n) is 4.62. The summed E-state index contributed by atoms with van der Waals surface area (Å²) >= 11 is 0. The molecule has 2 aromatic heterocycles. The van der Waals surface area contributed by atoms with Gasteiger partial charge in [0.1, 0.15) is 12.4 Å². The van der Waals surface area contributed by atoms with E-state index in [-0.39, 0.29) is 30.4 Å². The first-order valence-corrected chi connectivity index (χ1v) is 10.9. The first-order valence-electron chi connectivity index (χ1n) is 10.9. The van der Waals surface area contributed by atoms with Gasteiger partial charge in [0.05, 0.1) is 5.69 Å². The van der Waals surface area contributed by atoms with Crippen molar-refractivity contribution >= 4 is 18.2 Å². The van der Waals surface area contributed by atoms with Crippen molar-refractivity contribution in [2.45, 2.75) is 51.0 Å². The van der Waals surface area contributed by atoms with Crippen LogP contribution in [0.3, 0.4) is 0 Å². The predicted molar refractivity (Wildman–Crippen MR) is 120 cm³/mol. The molecule has 0 aromatic carbocycles. The van der Waals surface area contributed by atoms with Gasteiger partial charge in [-0.05, 0) is 51.7 Å². The van der Waals surface area contributed by atoms with Gasteiger partial charge in [-0.25, -0.2) is 9.97 Å². The molecule has 1 saturated heterocycles. The Hall–Kier alpha value is -3.07. The van der Waals surface area contributed by atoms with Crippen molar-refractivity contribution in [3.8, 4) is 11.4 Å². The van der Waals surface area contributed by atoms with Crippen LogP contribution in [0.5, 0.6) is 0 Å². The van der Waals surface area contributed by atoms with E-state index in [1.165, 1.54) is 5.56 Å². The quantitative estimate of drug-likeness (QED) is 0.680. The van der Waals surface area contributed by atoms with Crippen molar-refractivity contribution in [1.82, 2.24) is 19.9 Å². The SMILES string of the molecule is COCC(=O)N1CCCC2(CCc3c(NC(C)C)nc(-c4cccnc4)nc32)C1.O=CO. The Labute approximate surface area is 188 Å². The van der Waals surface area contributed by atoms with Gasteiger partial charge in [0, 0.05) is 55.2 Å². The van der Waals surface area contributed by atoms with E-state index in [2.05, 4.69) is 24.1 Å². The van der Waals surface area contributed by atoms with E-state index in [1.807, 2.05) is 17.0 Å². The first kappa shape index (κ1) is 23.6. The van der Waals surface area contributed by atoms with Crippen LogP contribution in [0.25, 0.3) is 11.4 Å². The normalized spacial score (nSPS) is 19.3. The number of pyridine rings is 1. The summed E-state index contributed by atoms with van der Waals surface area (Å²) in [5, 5.41) is 10.4. The molecule has 1 aliphatic carbocycles. The molecule has 1 atom stereocenters. The molecular formula is C23H31N5O4. The smallest absolute Gasteiger partial charge is 0.290 e. The number of hydrogen-bond acceptors (Lipinski definition) is 7. The fraction of sp³-hybridized carbons (Fsp3) is 0.522. The number of amides is 1. The Bertz CT molecular complexity index is 937. The molecule has 4 rings (SSSR count). The summed E-state index contributed by atoms with van der Waals surface area (Å²) in [5.74, 6) is 1.67. The zero-order valence-corrected chi connectivity index (χ0v) is 18.9. The number of likely N-dealkylation sites (tertiary alicyclic amines) is 1. The lowest BCUT2D eigenvalue weighted by atomic mass is 9.77. The average Bonchev–Trinajstić information content (AvgIpc) is 3.12. The third kappa shape index (κ3) is 5.04. The highest BCUT2D eigenvalue weighted by molar-refractivity contribution is 5.78. The van der Waals surface area contributed by atoms with Crippen LogP contribution in [0.4, 0.5) is 5.82 Å². The fourth-order valence-corrected chi connectivity index (χ4v) is 4.62. The second-order valence-electron chi connectivity index (χ2n) is 8.50. The lowest BCUT2D eigenvalue weighted by molar-refractivity contribution is -0.137. The molecule has 9 heteroatoms. The molecule has 1 aliphatic heterocycles. The highest BCUT2D eigenvalue weighted by Gasteiger charge is 2.45. The van der Waals surface area contributed by atoms with Crippen LogP contribution in [0, 0.1) is 0 Å². The minimum Gasteiger partial charge on any atom is -0.483 e. The molecule has 9 nitrogen and oxygen atoms in total. The molecule has 1 fully saturated rings. The molecule has 0 bridgehead atoms. The van der Waals surface area contributed by atoms with Crippen molar-refractivity contribution in [2.24, 2.45) is 0 Å². The van der Waals surface area contributed by atoms with Crippen LogP contribution in [0.15, 0.2) is 24.5 Å². The van der Waals surface area contributed by atoms with E-state index in [1.54, 1.807) is 19.5 Å². The molecule has 2 aromatic rings. The summed E-state index contributed by atoms with van der Waals surface area (Å²) in [6.45, 7) is 5.61. The number of carbonyl (C=O) groups excluding carboxylic acids is 1. The topological polar surface area (TPSA) is 118 Å². The molecule has 2 N–H and O–H groups in total. The van der Waals surface area contributed by atoms with Gasteiger partial charge in [0.15, 0.2) is 5.82 Å². The van der Waals surface area contributed by atoms with Crippen LogP contribution in [0.2, 0.25) is 0 Å². The summed E-state index contributed by atoms with van der Waals surface area (Å²) in [6, 6.07) is 4.17.